The van der Waals surface area contributed by atoms with Crippen LogP contribution in [0.2, 0.25) is 0 Å². The molecule has 0 aliphatic heterocycles. The molecule has 0 amide bonds. The molecule has 4 nitrogen and oxygen atoms in total. The van der Waals surface area contributed by atoms with Crippen LogP contribution in [0.5, 0.6) is 0 Å². The number of nitrogens with one attached hydrogen (secondary N) is 2. The van der Waals surface area contributed by atoms with Crippen molar-refractivity contribution in [2.75, 3.05) is 6.54 Å². The molecule has 6 aromatic carbocycles. The van der Waals surface area contributed by atoms with Crippen LogP contribution in [0.25, 0.3) is 0 Å². The molecule has 3 N–H and O–H groups in total. The van der Waals surface area contributed by atoms with Crippen molar-refractivity contribution >= 4 is 5.97 Å². The van der Waals surface area contributed by atoms with E-state index in [1.165, 1.54) is 0 Å². The van der Waals surface area contributed by atoms with E-state index >= 15 is 0 Å². The van der Waals surface area contributed by atoms with Gasteiger partial charge in [0.05, 0.1) is 11.1 Å². The lowest BCUT2D eigenvalue weighted by molar-refractivity contribution is -0.140. The normalized spacial score (nSPS) is 12.3. The van der Waals surface area contributed by atoms with Gasteiger partial charge in [-0.05, 0) is 52.8 Å². The molecule has 0 fully saturated rings. The molecule has 0 aliphatic carbocycles. The Labute approximate surface area is 284 Å². The number of benzene rings is 6. The average molecular weight is 631 g/mol. The Balaban J connectivity index is 1.27. The molecule has 6 aromatic rings. The fourth-order valence-electron chi connectivity index (χ4n) is 6.95. The Morgan fingerprint density at radius 2 is 0.750 bits per heavy atom. The minimum Gasteiger partial charge on any atom is -0.480 e. The van der Waals surface area contributed by atoms with Gasteiger partial charge >= 0.3 is 5.97 Å². The second-order valence-corrected chi connectivity index (χ2v) is 12.2. The van der Waals surface area contributed by atoms with E-state index < -0.39 is 23.1 Å². The van der Waals surface area contributed by atoms with Gasteiger partial charge in [-0.3, -0.25) is 15.4 Å². The first-order chi connectivity index (χ1) is 23.6. The molecular formula is C44H42N2O2. The summed E-state index contributed by atoms with van der Waals surface area (Å²) in [4.78, 5) is 13.0. The van der Waals surface area contributed by atoms with Crippen LogP contribution in [0.3, 0.4) is 0 Å². The highest BCUT2D eigenvalue weighted by molar-refractivity contribution is 5.74. The smallest absolute Gasteiger partial charge is 0.320 e. The second-order valence-electron chi connectivity index (χ2n) is 12.2. The Morgan fingerprint density at radius 1 is 0.458 bits per heavy atom. The van der Waals surface area contributed by atoms with Crippen molar-refractivity contribution in [3.8, 4) is 0 Å². The highest BCUT2D eigenvalue weighted by Crippen LogP contribution is 2.39. The quantitative estimate of drug-likeness (QED) is 0.0784. The van der Waals surface area contributed by atoms with E-state index in [9.17, 15) is 9.90 Å². The molecule has 0 saturated heterocycles. The molecule has 0 saturated carbocycles. The van der Waals surface area contributed by atoms with Gasteiger partial charge in [-0.2, -0.15) is 0 Å². The first-order valence-corrected chi connectivity index (χ1v) is 16.7. The molecule has 1 atom stereocenters. The maximum absolute atomic E-state index is 13.0. The topological polar surface area (TPSA) is 61.4 Å². The van der Waals surface area contributed by atoms with Gasteiger partial charge in [0.25, 0.3) is 0 Å². The minimum atomic E-state index is -0.859. The summed E-state index contributed by atoms with van der Waals surface area (Å²) in [5.41, 5.74) is 5.05. The molecule has 6 rings (SSSR count). The number of carbonyl (C=O) groups is 1. The largest absolute Gasteiger partial charge is 0.480 e. The summed E-state index contributed by atoms with van der Waals surface area (Å²) < 4.78 is 0. The van der Waals surface area contributed by atoms with Gasteiger partial charge in [-0.1, -0.05) is 188 Å². The molecule has 0 aromatic heterocycles. The monoisotopic (exact) mass is 630 g/mol. The van der Waals surface area contributed by atoms with Crippen LogP contribution in [0, 0.1) is 0 Å². The molecule has 240 valence electrons. The number of carboxylic acids is 1. The lowest BCUT2D eigenvalue weighted by Crippen LogP contribution is -2.52. The Kier molecular flexibility index (Phi) is 10.6. The number of hydrogen-bond donors (Lipinski definition) is 3. The predicted molar refractivity (Wildman–Crippen MR) is 195 cm³/mol. The SMILES string of the molecule is O=C(O)C(CCCCNC(c1ccccc1)(c1ccccc1)c1ccccc1)NC(c1ccccc1)(c1ccccc1)c1ccccc1. The van der Waals surface area contributed by atoms with Crippen molar-refractivity contribution in [1.29, 1.82) is 0 Å². The van der Waals surface area contributed by atoms with Gasteiger partial charge in [0.15, 0.2) is 0 Å². The van der Waals surface area contributed by atoms with Crippen molar-refractivity contribution in [3.05, 3.63) is 215 Å². The van der Waals surface area contributed by atoms with Crippen LogP contribution < -0.4 is 10.6 Å². The third-order valence-corrected chi connectivity index (χ3v) is 9.24. The first-order valence-electron chi connectivity index (χ1n) is 16.7. The molecule has 1 unspecified atom stereocenters. The molecule has 48 heavy (non-hydrogen) atoms. The zero-order valence-corrected chi connectivity index (χ0v) is 27.1. The van der Waals surface area contributed by atoms with Gasteiger partial charge in [-0.25, -0.2) is 0 Å². The predicted octanol–water partition coefficient (Wildman–Crippen LogP) is 8.77. The molecule has 0 radical (unpaired) electrons. The summed E-state index contributed by atoms with van der Waals surface area (Å²) in [7, 11) is 0. The molecular weight excluding hydrogens is 588 g/mol. The summed E-state index contributed by atoms with van der Waals surface area (Å²) in [5.74, 6) is -0.859. The summed E-state index contributed by atoms with van der Waals surface area (Å²) in [6, 6.07) is 61.4. The van der Waals surface area contributed by atoms with Crippen molar-refractivity contribution in [2.45, 2.75) is 36.4 Å². The zero-order valence-electron chi connectivity index (χ0n) is 27.1. The minimum absolute atomic E-state index is 0.472. The fourth-order valence-corrected chi connectivity index (χ4v) is 6.95. The first kappa shape index (κ1) is 32.6. The van der Waals surface area contributed by atoms with E-state index in [2.05, 4.69) is 120 Å². The van der Waals surface area contributed by atoms with E-state index in [0.717, 1.165) is 46.2 Å². The Bertz CT molecular complexity index is 1640. The summed E-state index contributed by atoms with van der Waals surface area (Å²) in [5, 5.41) is 18.3. The van der Waals surface area contributed by atoms with Crippen molar-refractivity contribution < 1.29 is 9.90 Å². The maximum atomic E-state index is 13.0. The third-order valence-electron chi connectivity index (χ3n) is 9.24. The average Bonchev–Trinajstić information content (AvgIpc) is 3.16. The maximum Gasteiger partial charge on any atom is 0.320 e. The summed E-state index contributed by atoms with van der Waals surface area (Å²) >= 11 is 0. The summed E-state index contributed by atoms with van der Waals surface area (Å²) in [6.45, 7) is 0.701. The Hall–Kier alpha value is -5.29. The zero-order chi connectivity index (χ0) is 33.1. The van der Waals surface area contributed by atoms with Crippen LogP contribution in [-0.4, -0.2) is 23.7 Å². The molecule has 0 bridgehead atoms. The number of carboxylic acid groups (broad SMARTS) is 1. The number of unbranched alkanes of at least 4 members (excludes halogenated alkanes) is 1. The number of rotatable bonds is 15. The lowest BCUT2D eigenvalue weighted by Gasteiger charge is -2.39. The van der Waals surface area contributed by atoms with Crippen LogP contribution in [0.4, 0.5) is 0 Å². The van der Waals surface area contributed by atoms with Gasteiger partial charge < -0.3 is 5.11 Å². The fraction of sp³-hybridized carbons (Fsp3) is 0.159. The Morgan fingerprint density at radius 3 is 1.04 bits per heavy atom. The van der Waals surface area contributed by atoms with E-state index in [-0.39, 0.29) is 0 Å². The van der Waals surface area contributed by atoms with Crippen molar-refractivity contribution in [3.63, 3.8) is 0 Å². The van der Waals surface area contributed by atoms with Crippen molar-refractivity contribution in [1.82, 2.24) is 10.6 Å². The van der Waals surface area contributed by atoms with Gasteiger partial charge in [0.2, 0.25) is 0 Å². The highest BCUT2D eigenvalue weighted by atomic mass is 16.4. The lowest BCUT2D eigenvalue weighted by atomic mass is 9.76. The van der Waals surface area contributed by atoms with Crippen LogP contribution >= 0.6 is 0 Å². The molecule has 0 heterocycles. The summed E-state index contributed by atoms with van der Waals surface area (Å²) in [6.07, 6.45) is 1.99. The van der Waals surface area contributed by atoms with E-state index in [4.69, 9.17) is 0 Å². The highest BCUT2D eigenvalue weighted by Gasteiger charge is 2.40. The van der Waals surface area contributed by atoms with E-state index in [1.807, 2.05) is 72.8 Å². The van der Waals surface area contributed by atoms with Crippen LogP contribution in [0.15, 0.2) is 182 Å². The van der Waals surface area contributed by atoms with Crippen LogP contribution in [-0.2, 0) is 15.9 Å². The van der Waals surface area contributed by atoms with Crippen molar-refractivity contribution in [2.24, 2.45) is 0 Å². The molecule has 0 spiro atoms. The molecule has 4 heteroatoms. The standard InChI is InChI=1S/C44H42N2O2/c47-42(48)41(46-44(38-27-13-4-14-28-38,39-29-15-5-16-30-39)40-31-17-6-18-32-40)33-19-20-34-45-43(35-21-7-1-8-22-35,36-23-9-2-10-24-36)37-25-11-3-12-26-37/h1-18,21-32,41,45-46H,19-20,33-34H2,(H,47,48). The number of aliphatic carboxylic acids is 1. The van der Waals surface area contributed by atoms with E-state index in [0.29, 0.717) is 13.0 Å². The van der Waals surface area contributed by atoms with Crippen LogP contribution in [0.1, 0.15) is 52.6 Å². The number of hydrogen-bond acceptors (Lipinski definition) is 3. The van der Waals surface area contributed by atoms with Gasteiger partial charge in [0, 0.05) is 0 Å². The van der Waals surface area contributed by atoms with Gasteiger partial charge in [-0.15, -0.1) is 0 Å². The molecule has 0 aliphatic rings. The third kappa shape index (κ3) is 6.86. The second kappa shape index (κ2) is 15.5. The van der Waals surface area contributed by atoms with E-state index in [1.54, 1.807) is 0 Å². The van der Waals surface area contributed by atoms with Gasteiger partial charge in [0.1, 0.15) is 6.04 Å².